The number of aromatic nitrogens is 1. The van der Waals surface area contributed by atoms with Crippen LogP contribution in [0.15, 0.2) is 22.6 Å². The molecule has 1 saturated heterocycles. The first-order valence-electron chi connectivity index (χ1n) is 6.61. The molecule has 3 rings (SSSR count). The van der Waals surface area contributed by atoms with Crippen molar-refractivity contribution >= 4 is 16.8 Å². The Bertz CT molecular complexity index is 541. The summed E-state index contributed by atoms with van der Waals surface area (Å²) in [6.45, 7) is 8.32. The first kappa shape index (κ1) is 11.5. The van der Waals surface area contributed by atoms with E-state index < -0.39 is 0 Å². The maximum atomic E-state index is 5.94. The predicted octanol–water partition coefficient (Wildman–Crippen LogP) is 2.36. The Morgan fingerprint density at radius 1 is 1.28 bits per heavy atom. The molecule has 1 N–H and O–H groups in total. The molecule has 0 amide bonds. The van der Waals surface area contributed by atoms with Gasteiger partial charge in [-0.15, -0.1) is 0 Å². The fourth-order valence-electron chi connectivity index (χ4n) is 2.35. The van der Waals surface area contributed by atoms with Gasteiger partial charge < -0.3 is 14.6 Å². The first-order valence-corrected chi connectivity index (χ1v) is 6.61. The summed E-state index contributed by atoms with van der Waals surface area (Å²) >= 11 is 0. The fourth-order valence-corrected chi connectivity index (χ4v) is 2.35. The monoisotopic (exact) mass is 245 g/mol. The number of hydrogen-bond donors (Lipinski definition) is 1. The normalized spacial score (nSPS) is 16.7. The van der Waals surface area contributed by atoms with Crippen LogP contribution in [0.4, 0.5) is 5.69 Å². The SMILES string of the molecule is CC(C)c1nc2cccc(N3CCNCC3)c2o1. The molecule has 0 aliphatic carbocycles. The van der Waals surface area contributed by atoms with Crippen LogP contribution in [0.3, 0.4) is 0 Å². The van der Waals surface area contributed by atoms with Crippen molar-refractivity contribution in [2.45, 2.75) is 19.8 Å². The second kappa shape index (κ2) is 4.61. The van der Waals surface area contributed by atoms with Crippen molar-refractivity contribution in [3.63, 3.8) is 0 Å². The van der Waals surface area contributed by atoms with E-state index in [9.17, 15) is 0 Å². The van der Waals surface area contributed by atoms with E-state index in [1.165, 1.54) is 5.69 Å². The topological polar surface area (TPSA) is 41.3 Å². The lowest BCUT2D eigenvalue weighted by Gasteiger charge is -2.29. The molecule has 4 heteroatoms. The van der Waals surface area contributed by atoms with Crippen molar-refractivity contribution < 1.29 is 4.42 Å². The molecule has 96 valence electrons. The lowest BCUT2D eigenvalue weighted by atomic mass is 10.2. The van der Waals surface area contributed by atoms with E-state index in [-0.39, 0.29) is 0 Å². The Hall–Kier alpha value is -1.55. The van der Waals surface area contributed by atoms with Crippen molar-refractivity contribution in [3.8, 4) is 0 Å². The third-order valence-corrected chi connectivity index (χ3v) is 3.36. The highest BCUT2D eigenvalue weighted by atomic mass is 16.3. The van der Waals surface area contributed by atoms with Crippen molar-refractivity contribution in [3.05, 3.63) is 24.1 Å². The number of para-hydroxylation sites is 1. The van der Waals surface area contributed by atoms with Gasteiger partial charge in [0, 0.05) is 32.1 Å². The lowest BCUT2D eigenvalue weighted by molar-refractivity contribution is 0.499. The molecule has 0 spiro atoms. The van der Waals surface area contributed by atoms with Gasteiger partial charge in [0.2, 0.25) is 0 Å². The number of nitrogens with one attached hydrogen (secondary N) is 1. The number of piperazine rings is 1. The van der Waals surface area contributed by atoms with Crippen LogP contribution >= 0.6 is 0 Å². The van der Waals surface area contributed by atoms with Crippen LogP contribution < -0.4 is 10.2 Å². The van der Waals surface area contributed by atoms with Crippen LogP contribution in [-0.2, 0) is 0 Å². The maximum absolute atomic E-state index is 5.94. The zero-order valence-electron chi connectivity index (χ0n) is 10.9. The first-order chi connectivity index (χ1) is 8.75. The van der Waals surface area contributed by atoms with Gasteiger partial charge >= 0.3 is 0 Å². The Labute approximate surface area is 107 Å². The van der Waals surface area contributed by atoms with Gasteiger partial charge in [0.05, 0.1) is 5.69 Å². The predicted molar refractivity (Wildman–Crippen MR) is 73.2 cm³/mol. The summed E-state index contributed by atoms with van der Waals surface area (Å²) in [7, 11) is 0. The van der Waals surface area contributed by atoms with E-state index in [1.807, 2.05) is 6.07 Å². The third kappa shape index (κ3) is 1.97. The second-order valence-corrected chi connectivity index (χ2v) is 5.07. The average Bonchev–Trinajstić information content (AvgIpc) is 2.83. The number of nitrogens with zero attached hydrogens (tertiary/aromatic N) is 2. The summed E-state index contributed by atoms with van der Waals surface area (Å²) in [5, 5.41) is 3.37. The number of rotatable bonds is 2. The van der Waals surface area contributed by atoms with E-state index in [1.54, 1.807) is 0 Å². The molecule has 2 aromatic rings. The van der Waals surface area contributed by atoms with E-state index >= 15 is 0 Å². The molecule has 1 aliphatic rings. The summed E-state index contributed by atoms with van der Waals surface area (Å²) in [5.74, 6) is 1.15. The van der Waals surface area contributed by atoms with Crippen molar-refractivity contribution in [2.75, 3.05) is 31.1 Å². The molecule has 18 heavy (non-hydrogen) atoms. The van der Waals surface area contributed by atoms with Crippen molar-refractivity contribution in [1.82, 2.24) is 10.3 Å². The minimum Gasteiger partial charge on any atom is -0.438 e. The summed E-state index contributed by atoms with van der Waals surface area (Å²) < 4.78 is 5.94. The Kier molecular flexibility index (Phi) is 2.96. The van der Waals surface area contributed by atoms with E-state index in [0.29, 0.717) is 5.92 Å². The molecule has 2 heterocycles. The lowest BCUT2D eigenvalue weighted by Crippen LogP contribution is -2.43. The van der Waals surface area contributed by atoms with Crippen LogP contribution in [0.2, 0.25) is 0 Å². The molecule has 0 unspecified atom stereocenters. The molecule has 1 fully saturated rings. The second-order valence-electron chi connectivity index (χ2n) is 5.07. The highest BCUT2D eigenvalue weighted by molar-refractivity contribution is 5.87. The summed E-state index contributed by atoms with van der Waals surface area (Å²) in [6, 6.07) is 6.21. The Balaban J connectivity index is 2.05. The number of fused-ring (bicyclic) bond motifs is 1. The highest BCUT2D eigenvalue weighted by Crippen LogP contribution is 2.29. The van der Waals surface area contributed by atoms with Crippen LogP contribution in [0, 0.1) is 0 Å². The van der Waals surface area contributed by atoms with Gasteiger partial charge in [0.15, 0.2) is 11.5 Å². The molecular formula is C14H19N3O. The molecule has 4 nitrogen and oxygen atoms in total. The Morgan fingerprint density at radius 3 is 2.78 bits per heavy atom. The van der Waals surface area contributed by atoms with Gasteiger partial charge in [0.25, 0.3) is 0 Å². The van der Waals surface area contributed by atoms with E-state index in [0.717, 1.165) is 43.2 Å². The van der Waals surface area contributed by atoms with Gasteiger partial charge in [-0.25, -0.2) is 4.98 Å². The van der Waals surface area contributed by atoms with Gasteiger partial charge in [-0.1, -0.05) is 19.9 Å². The maximum Gasteiger partial charge on any atom is 0.198 e. The zero-order valence-corrected chi connectivity index (χ0v) is 10.9. The van der Waals surface area contributed by atoms with Gasteiger partial charge in [-0.2, -0.15) is 0 Å². The molecule has 1 aromatic heterocycles. The fraction of sp³-hybridized carbons (Fsp3) is 0.500. The van der Waals surface area contributed by atoms with Crippen LogP contribution in [0.25, 0.3) is 11.1 Å². The van der Waals surface area contributed by atoms with Crippen molar-refractivity contribution in [1.29, 1.82) is 0 Å². The molecule has 0 atom stereocenters. The van der Waals surface area contributed by atoms with E-state index in [4.69, 9.17) is 4.42 Å². The minimum absolute atomic E-state index is 0.327. The number of hydrogen-bond acceptors (Lipinski definition) is 4. The molecule has 1 aromatic carbocycles. The van der Waals surface area contributed by atoms with Gasteiger partial charge in [-0.05, 0) is 12.1 Å². The van der Waals surface area contributed by atoms with Gasteiger partial charge in [0.1, 0.15) is 5.52 Å². The van der Waals surface area contributed by atoms with Crippen molar-refractivity contribution in [2.24, 2.45) is 0 Å². The molecule has 0 bridgehead atoms. The van der Waals surface area contributed by atoms with Crippen LogP contribution in [0.1, 0.15) is 25.7 Å². The van der Waals surface area contributed by atoms with Crippen LogP contribution in [0.5, 0.6) is 0 Å². The Morgan fingerprint density at radius 2 is 2.06 bits per heavy atom. The van der Waals surface area contributed by atoms with Gasteiger partial charge in [-0.3, -0.25) is 0 Å². The third-order valence-electron chi connectivity index (χ3n) is 3.36. The number of benzene rings is 1. The van der Waals surface area contributed by atoms with E-state index in [2.05, 4.69) is 41.2 Å². The highest BCUT2D eigenvalue weighted by Gasteiger charge is 2.17. The minimum atomic E-state index is 0.327. The number of oxazole rings is 1. The van der Waals surface area contributed by atoms with Crippen LogP contribution in [-0.4, -0.2) is 31.2 Å². The quantitative estimate of drug-likeness (QED) is 0.882. The molecule has 1 aliphatic heterocycles. The standard InChI is InChI=1S/C14H19N3O/c1-10(2)14-16-11-4-3-5-12(13(11)18-14)17-8-6-15-7-9-17/h3-5,10,15H,6-9H2,1-2H3. The average molecular weight is 245 g/mol. The molecule has 0 saturated carbocycles. The smallest absolute Gasteiger partial charge is 0.198 e. The molecule has 0 radical (unpaired) electrons. The molecular weight excluding hydrogens is 226 g/mol. The largest absolute Gasteiger partial charge is 0.438 e. The summed E-state index contributed by atoms with van der Waals surface area (Å²) in [6.07, 6.45) is 0. The zero-order chi connectivity index (χ0) is 12.5. The number of anilines is 1. The summed E-state index contributed by atoms with van der Waals surface area (Å²) in [5.41, 5.74) is 3.08. The summed E-state index contributed by atoms with van der Waals surface area (Å²) in [4.78, 5) is 6.93.